The molecule has 0 N–H and O–H groups in total. The Morgan fingerprint density at radius 2 is 1.22 bits per heavy atom. The average molecular weight is 786 g/mol. The van der Waals surface area contributed by atoms with E-state index in [-0.39, 0.29) is 25.8 Å². The van der Waals surface area contributed by atoms with Gasteiger partial charge in [0, 0.05) is 6.42 Å². The summed E-state index contributed by atoms with van der Waals surface area (Å²) in [7, 11) is 1.35. The number of phosphoric ester groups is 1. The Bertz CT molecular complexity index is 984. The molecule has 0 bridgehead atoms. The Hall–Kier alpha value is -1.22. The van der Waals surface area contributed by atoms with Crippen molar-refractivity contribution in [2.45, 2.75) is 206 Å². The second kappa shape index (κ2) is 33.9. The summed E-state index contributed by atoms with van der Waals surface area (Å²) in [5, 5.41) is 0. The number of hydrogen-bond donors (Lipinski definition) is 0. The van der Waals surface area contributed by atoms with E-state index in [9.17, 15) is 14.3 Å². The highest BCUT2D eigenvalue weighted by molar-refractivity contribution is 7.45. The first kappa shape index (κ1) is 50.8. The van der Waals surface area contributed by atoms with Gasteiger partial charge in [-0.15, -0.1) is 0 Å². The third-order valence-corrected chi connectivity index (χ3v) is 11.0. The number of hydrogen-bond acceptors (Lipinski definition) is 8. The number of quaternary nitrogens is 1. The predicted octanol–water partition coefficient (Wildman–Crippen LogP) is 11.5. The summed E-state index contributed by atoms with van der Waals surface area (Å²) in [4.78, 5) is 24.8. The van der Waals surface area contributed by atoms with Crippen LogP contribution in [0.2, 0.25) is 0 Å². The highest BCUT2D eigenvalue weighted by atomic mass is 31.2. The molecule has 318 valence electrons. The van der Waals surface area contributed by atoms with Gasteiger partial charge in [0.2, 0.25) is 0 Å². The first-order chi connectivity index (χ1) is 26.1. The zero-order chi connectivity index (χ0) is 39.6. The van der Waals surface area contributed by atoms with Crippen molar-refractivity contribution in [1.29, 1.82) is 0 Å². The average Bonchev–Trinajstić information content (AvgIpc) is 3.88. The van der Waals surface area contributed by atoms with Crippen LogP contribution < -0.4 is 4.89 Å². The zero-order valence-corrected chi connectivity index (χ0v) is 36.5. The molecule has 54 heavy (non-hydrogen) atoms. The van der Waals surface area contributed by atoms with E-state index in [4.69, 9.17) is 23.3 Å². The van der Waals surface area contributed by atoms with Gasteiger partial charge in [-0.2, -0.15) is 0 Å². The molecule has 1 aliphatic rings. The Kier molecular flexibility index (Phi) is 31.9. The van der Waals surface area contributed by atoms with Crippen LogP contribution in [0.5, 0.6) is 0 Å². The fraction of sp³-hybridized carbons (Fsp3) is 0.886. The minimum Gasteiger partial charge on any atom is -0.756 e. The van der Waals surface area contributed by atoms with E-state index < -0.39 is 13.9 Å². The highest BCUT2D eigenvalue weighted by Gasteiger charge is 2.36. The van der Waals surface area contributed by atoms with Crippen molar-refractivity contribution in [3.05, 3.63) is 24.5 Å². The number of phosphoric acid groups is 1. The maximum atomic E-state index is 12.5. The van der Waals surface area contributed by atoms with Crippen LogP contribution in [0.25, 0.3) is 0 Å². The van der Waals surface area contributed by atoms with Gasteiger partial charge in [0.1, 0.15) is 19.8 Å². The molecule has 0 aliphatic carbocycles. The van der Waals surface area contributed by atoms with E-state index in [1.165, 1.54) is 109 Å². The molecule has 9 nitrogen and oxygen atoms in total. The number of nitrogens with zero attached hydrogens (tertiary/aromatic N) is 1. The molecule has 0 saturated carbocycles. The van der Waals surface area contributed by atoms with Crippen molar-refractivity contribution < 1.29 is 42.0 Å². The van der Waals surface area contributed by atoms with Crippen LogP contribution in [0.3, 0.4) is 0 Å². The number of allylic oxidation sites excluding steroid dienone is 2. The molecule has 3 unspecified atom stereocenters. The Labute approximate surface area is 332 Å². The second-order valence-electron chi connectivity index (χ2n) is 16.5. The van der Waals surface area contributed by atoms with Gasteiger partial charge in [0.15, 0.2) is 6.10 Å². The van der Waals surface area contributed by atoms with E-state index in [2.05, 4.69) is 26.0 Å². The van der Waals surface area contributed by atoms with Gasteiger partial charge in [-0.25, -0.2) is 0 Å². The number of esters is 1. The van der Waals surface area contributed by atoms with Crippen LogP contribution in [0, 0.1) is 0 Å². The zero-order valence-electron chi connectivity index (χ0n) is 35.6. The Morgan fingerprint density at radius 3 is 1.81 bits per heavy atom. The molecule has 10 heteroatoms. The van der Waals surface area contributed by atoms with Crippen molar-refractivity contribution in [3.8, 4) is 0 Å². The number of likely N-dealkylation sites (N-methyl/N-ethyl adjacent to an activating group) is 1. The van der Waals surface area contributed by atoms with Crippen molar-refractivity contribution >= 4 is 13.8 Å². The lowest BCUT2D eigenvalue weighted by Gasteiger charge is -2.28. The number of carbonyl (C=O) groups excluding carboxylic acids is 1. The molecule has 4 atom stereocenters. The van der Waals surface area contributed by atoms with Crippen molar-refractivity contribution in [2.24, 2.45) is 0 Å². The van der Waals surface area contributed by atoms with Gasteiger partial charge in [-0.05, 0) is 51.0 Å². The van der Waals surface area contributed by atoms with E-state index >= 15 is 0 Å². The van der Waals surface area contributed by atoms with Gasteiger partial charge in [-0.3, -0.25) is 9.36 Å². The second-order valence-corrected chi connectivity index (χ2v) is 17.9. The standard InChI is InChI=1S/C44H84NO8P/c1-6-8-10-11-12-13-14-15-16-17-18-19-22-25-28-32-37-49-41(40-52-54(47,48)51-38-36-45(3,4)5)39-50-44(46)35-31-27-24-21-20-23-26-30-34-43-42(53-43)33-29-9-7-2/h26,30,32,37,41-43H,6-25,27-29,31,33-36,38-40H2,1-5H3/b30-26-,37-32+/t41-,42?,43?/m1/s1. The maximum absolute atomic E-state index is 12.5. The number of unbranched alkanes of at least 4 members (excludes halogenated alkanes) is 21. The van der Waals surface area contributed by atoms with Crippen molar-refractivity contribution in [1.82, 2.24) is 0 Å². The smallest absolute Gasteiger partial charge is 0.305 e. The Balaban J connectivity index is 2.23. The summed E-state index contributed by atoms with van der Waals surface area (Å²) in [5.41, 5.74) is 0. The molecular formula is C44H84NO8P. The first-order valence-corrected chi connectivity index (χ1v) is 23.7. The quantitative estimate of drug-likeness (QED) is 0.0115. The van der Waals surface area contributed by atoms with Crippen molar-refractivity contribution in [3.63, 3.8) is 0 Å². The molecular weight excluding hydrogens is 701 g/mol. The van der Waals surface area contributed by atoms with Crippen LogP contribution >= 0.6 is 7.82 Å². The monoisotopic (exact) mass is 786 g/mol. The van der Waals surface area contributed by atoms with Crippen LogP contribution in [-0.2, 0) is 32.6 Å². The lowest BCUT2D eigenvalue weighted by Crippen LogP contribution is -2.37. The molecule has 0 aromatic rings. The lowest BCUT2D eigenvalue weighted by molar-refractivity contribution is -0.870. The van der Waals surface area contributed by atoms with Gasteiger partial charge >= 0.3 is 5.97 Å². The Morgan fingerprint density at radius 1 is 0.685 bits per heavy atom. The van der Waals surface area contributed by atoms with Crippen LogP contribution in [0.15, 0.2) is 24.5 Å². The number of rotatable bonds is 40. The summed E-state index contributed by atoms with van der Waals surface area (Å²) in [6.07, 6.45) is 40.3. The number of carbonyl (C=O) groups is 1. The van der Waals surface area contributed by atoms with Crippen LogP contribution in [-0.4, -0.2) is 76.3 Å². The highest BCUT2D eigenvalue weighted by Crippen LogP contribution is 2.38. The lowest BCUT2D eigenvalue weighted by atomic mass is 10.0. The molecule has 1 aliphatic heterocycles. The normalized spacial score (nSPS) is 17.7. The molecule has 1 heterocycles. The molecule has 0 spiro atoms. The van der Waals surface area contributed by atoms with Gasteiger partial charge in [-0.1, -0.05) is 148 Å². The largest absolute Gasteiger partial charge is 0.756 e. The molecule has 1 fully saturated rings. The topological polar surface area (TPSA) is 107 Å². The van der Waals surface area contributed by atoms with E-state index in [0.29, 0.717) is 29.7 Å². The summed E-state index contributed by atoms with van der Waals surface area (Å²) >= 11 is 0. The molecule has 1 rings (SSSR count). The fourth-order valence-electron chi connectivity index (χ4n) is 6.36. The predicted molar refractivity (Wildman–Crippen MR) is 221 cm³/mol. The van der Waals surface area contributed by atoms with Gasteiger partial charge in [0.05, 0.1) is 46.2 Å². The molecule has 1 saturated heterocycles. The summed E-state index contributed by atoms with van der Waals surface area (Å²) in [5.74, 6) is -0.308. The SMILES string of the molecule is CCCCCCCCCCCCCCCC/C=C/O[C@H](COC(=O)CCCCCCC/C=C\CC1OC1CCCCC)COP(=O)([O-])OCC[N+](C)(C)C. The maximum Gasteiger partial charge on any atom is 0.305 e. The van der Waals surface area contributed by atoms with Crippen LogP contribution in [0.1, 0.15) is 187 Å². The molecule has 0 aromatic heterocycles. The molecule has 0 aromatic carbocycles. The van der Waals surface area contributed by atoms with E-state index in [1.807, 2.05) is 27.2 Å². The molecule has 0 amide bonds. The third-order valence-electron chi connectivity index (χ3n) is 10.0. The minimum atomic E-state index is -4.52. The minimum absolute atomic E-state index is 0.0239. The summed E-state index contributed by atoms with van der Waals surface area (Å²) in [6, 6.07) is 0. The first-order valence-electron chi connectivity index (χ1n) is 22.2. The number of ether oxygens (including phenoxy) is 3. The van der Waals surface area contributed by atoms with Gasteiger partial charge < -0.3 is 32.6 Å². The van der Waals surface area contributed by atoms with Crippen molar-refractivity contribution in [2.75, 3.05) is 47.5 Å². The third kappa shape index (κ3) is 34.1. The van der Waals surface area contributed by atoms with E-state index in [1.54, 1.807) is 6.26 Å². The number of epoxide rings is 1. The summed E-state index contributed by atoms with van der Waals surface area (Å²) < 4.78 is 40.1. The van der Waals surface area contributed by atoms with Gasteiger partial charge in [0.25, 0.3) is 7.82 Å². The van der Waals surface area contributed by atoms with E-state index in [0.717, 1.165) is 57.8 Å². The summed E-state index contributed by atoms with van der Waals surface area (Å²) in [6.45, 7) is 4.67. The van der Waals surface area contributed by atoms with Crippen LogP contribution in [0.4, 0.5) is 0 Å². The molecule has 0 radical (unpaired) electrons. The fourth-order valence-corrected chi connectivity index (χ4v) is 7.09.